The Morgan fingerprint density at radius 3 is 0.767 bits per heavy atom. The predicted octanol–water partition coefficient (Wildman–Crippen LogP) is 5.01. The third-order valence-electron chi connectivity index (χ3n) is 9.19. The minimum absolute atomic E-state index is 0.0897. The van der Waals surface area contributed by atoms with Gasteiger partial charge in [-0.1, -0.05) is 55.4 Å². The molecule has 0 rings (SSSR count). The molecule has 0 aliphatic heterocycles. The lowest BCUT2D eigenvalue weighted by atomic mass is 10.0. The molecule has 0 aromatic rings. The Kier molecular flexibility index (Phi) is 20.8. The molecule has 0 radical (unpaired) electrons. The van der Waals surface area contributed by atoms with Crippen LogP contribution in [0.3, 0.4) is 0 Å². The highest BCUT2D eigenvalue weighted by atomic mass is 32.2. The summed E-state index contributed by atoms with van der Waals surface area (Å²) >= 11 is 2.02. The average Bonchev–Trinajstić information content (AvgIpc) is 3.03. The van der Waals surface area contributed by atoms with Gasteiger partial charge in [-0.25, -0.2) is 0 Å². The van der Waals surface area contributed by atoms with Gasteiger partial charge in [-0.15, -0.1) is 11.8 Å². The van der Waals surface area contributed by atoms with Gasteiger partial charge in [0.25, 0.3) is 0 Å². The number of hydrogen-bond donors (Lipinski definition) is 0. The van der Waals surface area contributed by atoms with Crippen LogP contribution in [0.25, 0.3) is 0 Å². The summed E-state index contributed by atoms with van der Waals surface area (Å²) in [4.78, 5) is 10.3. The minimum Gasteiger partial charge on any atom is -0.377 e. The number of rotatable bonds is 26. The molecule has 0 aliphatic rings. The first kappa shape index (κ1) is 43.4. The molecule has 10 nitrogen and oxygen atoms in total. The summed E-state index contributed by atoms with van der Waals surface area (Å²) in [7, 11) is 4.24. The zero-order chi connectivity index (χ0) is 33.5. The van der Waals surface area contributed by atoms with Crippen molar-refractivity contribution in [3.63, 3.8) is 0 Å². The van der Waals surface area contributed by atoms with E-state index in [4.69, 9.17) is 26.6 Å². The van der Waals surface area contributed by atoms with Crippen molar-refractivity contribution < 1.29 is 26.6 Å². The van der Waals surface area contributed by atoms with Crippen molar-refractivity contribution in [2.24, 2.45) is 0 Å². The molecule has 0 spiro atoms. The molecule has 260 valence electrons. The van der Waals surface area contributed by atoms with E-state index in [1.807, 2.05) is 11.8 Å². The van der Waals surface area contributed by atoms with E-state index in [2.05, 4.69) is 88.8 Å². The summed E-state index contributed by atoms with van der Waals surface area (Å²) in [6.07, 6.45) is 0.179. The van der Waals surface area contributed by atoms with Gasteiger partial charge in [0.15, 0.2) is 0 Å². The van der Waals surface area contributed by atoms with Crippen molar-refractivity contribution in [1.82, 2.24) is 19.6 Å². The molecule has 13 heteroatoms. The highest BCUT2D eigenvalue weighted by Crippen LogP contribution is 2.52. The first-order valence-electron chi connectivity index (χ1n) is 16.3. The van der Waals surface area contributed by atoms with E-state index in [0.29, 0.717) is 12.1 Å². The van der Waals surface area contributed by atoms with E-state index in [1.54, 1.807) is 42.7 Å². The largest absolute Gasteiger partial charge is 0.501 e. The second kappa shape index (κ2) is 20.6. The van der Waals surface area contributed by atoms with Gasteiger partial charge in [0.05, 0.1) is 12.3 Å². The quantitative estimate of drug-likeness (QED) is 0.0922. The number of hydrogen-bond acceptors (Lipinski definition) is 11. The fraction of sp³-hybridized carbons (Fsp3) is 1.00. The van der Waals surface area contributed by atoms with E-state index in [1.165, 1.54) is 0 Å². The van der Waals surface area contributed by atoms with Gasteiger partial charge in [-0.05, 0) is 66.2 Å². The van der Waals surface area contributed by atoms with E-state index >= 15 is 0 Å². The Balaban J connectivity index is 7.95. The lowest BCUT2D eigenvalue weighted by Gasteiger charge is -2.56. The molecule has 0 saturated carbocycles. The van der Waals surface area contributed by atoms with Crippen LogP contribution in [0, 0.1) is 0 Å². The molecule has 0 aliphatic carbocycles. The summed E-state index contributed by atoms with van der Waals surface area (Å²) in [6, 6.07) is 1.26. The van der Waals surface area contributed by atoms with Crippen LogP contribution >= 0.6 is 11.8 Å². The van der Waals surface area contributed by atoms with Crippen molar-refractivity contribution in [1.29, 1.82) is 0 Å². The molecular formula is C30H70N4O6SSi2. The van der Waals surface area contributed by atoms with Crippen LogP contribution < -0.4 is 0 Å². The van der Waals surface area contributed by atoms with Crippen molar-refractivity contribution in [3.05, 3.63) is 0 Å². The highest BCUT2D eigenvalue weighted by Gasteiger charge is 2.59. The van der Waals surface area contributed by atoms with Crippen molar-refractivity contribution in [3.8, 4) is 0 Å². The van der Waals surface area contributed by atoms with E-state index in [9.17, 15) is 0 Å². The van der Waals surface area contributed by atoms with Crippen LogP contribution in [0.2, 0.25) is 12.1 Å². The van der Waals surface area contributed by atoms with Crippen molar-refractivity contribution >= 4 is 29.4 Å². The lowest BCUT2D eigenvalue weighted by Crippen LogP contribution is -2.67. The first-order valence-corrected chi connectivity index (χ1v) is 21.0. The third kappa shape index (κ3) is 10.7. The Hall–Kier alpha value is 0.384. The molecule has 0 aromatic heterocycles. The molecule has 43 heavy (non-hydrogen) atoms. The predicted molar refractivity (Wildman–Crippen MR) is 187 cm³/mol. The second-order valence-electron chi connectivity index (χ2n) is 11.3. The van der Waals surface area contributed by atoms with Gasteiger partial charge >= 0.3 is 17.6 Å². The first-order chi connectivity index (χ1) is 20.3. The Bertz CT molecular complexity index is 628. The SMILES string of the molecule is CCN(CC)C(N(CC)CC)C(C)(C[Si](OC)(OC)OC)SC(C)(C[Si](OC)(OC)OC)C(N(CC)CC)N(CC)CC. The summed E-state index contributed by atoms with van der Waals surface area (Å²) in [5.74, 6) is 0. The Morgan fingerprint density at radius 2 is 0.628 bits per heavy atom. The minimum atomic E-state index is -3.05. The van der Waals surface area contributed by atoms with Crippen LogP contribution in [-0.4, -0.2) is 154 Å². The van der Waals surface area contributed by atoms with Crippen LogP contribution in [-0.2, 0) is 26.6 Å². The lowest BCUT2D eigenvalue weighted by molar-refractivity contribution is 0.0173. The fourth-order valence-corrected chi connectivity index (χ4v) is 14.4. The molecule has 0 amide bonds. The average molecular weight is 671 g/mol. The number of nitrogens with zero attached hydrogens (tertiary/aromatic N) is 4. The zero-order valence-electron chi connectivity index (χ0n) is 30.9. The third-order valence-corrected chi connectivity index (χ3v) is 17.4. The van der Waals surface area contributed by atoms with Crippen LogP contribution in [0.4, 0.5) is 0 Å². The van der Waals surface area contributed by atoms with Crippen molar-refractivity contribution in [2.45, 2.75) is 103 Å². The molecule has 0 bridgehead atoms. The molecule has 0 aromatic carbocycles. The van der Waals surface area contributed by atoms with Gasteiger partial charge in [0, 0.05) is 64.2 Å². The molecule has 2 atom stereocenters. The van der Waals surface area contributed by atoms with Crippen molar-refractivity contribution in [2.75, 3.05) is 95.0 Å². The molecule has 0 heterocycles. The highest BCUT2D eigenvalue weighted by molar-refractivity contribution is 8.02. The van der Waals surface area contributed by atoms with Crippen LogP contribution in [0.5, 0.6) is 0 Å². The summed E-state index contributed by atoms with van der Waals surface area (Å²) in [5, 5.41) is 0. The fourth-order valence-electron chi connectivity index (χ4n) is 6.97. The molecule has 0 N–H and O–H groups in total. The summed E-state index contributed by atoms with van der Waals surface area (Å²) in [5.41, 5.74) is 0. The second-order valence-corrected chi connectivity index (χ2v) is 19.3. The van der Waals surface area contributed by atoms with Gasteiger partial charge in [-0.2, -0.15) is 0 Å². The van der Waals surface area contributed by atoms with Gasteiger partial charge in [0.1, 0.15) is 0 Å². The Labute approximate surface area is 273 Å². The Morgan fingerprint density at radius 1 is 0.442 bits per heavy atom. The number of thioether (sulfide) groups is 1. The molecule has 0 saturated heterocycles. The topological polar surface area (TPSA) is 68.3 Å². The van der Waals surface area contributed by atoms with Gasteiger partial charge in [0.2, 0.25) is 0 Å². The van der Waals surface area contributed by atoms with Gasteiger partial charge < -0.3 is 26.6 Å². The maximum absolute atomic E-state index is 6.15. The summed E-state index contributed by atoms with van der Waals surface area (Å²) < 4.78 is 36.1. The van der Waals surface area contributed by atoms with Crippen LogP contribution in [0.15, 0.2) is 0 Å². The zero-order valence-corrected chi connectivity index (χ0v) is 33.7. The van der Waals surface area contributed by atoms with Crippen LogP contribution in [0.1, 0.15) is 69.2 Å². The molecule has 0 fully saturated rings. The van der Waals surface area contributed by atoms with E-state index < -0.39 is 27.1 Å². The standard InChI is InChI=1S/C30H70N4O6SSi2/c1-17-31(18-2)27(32(19-3)20-4)29(9,25-42(35-11,36-12)37-13)41-30(10,26-43(38-14,39-15)40-16)28(33(21-5)22-6)34(23-7)24-8/h27-28H,17-26H2,1-16H3. The van der Waals surface area contributed by atoms with E-state index in [-0.39, 0.29) is 12.3 Å². The van der Waals surface area contributed by atoms with Gasteiger partial charge in [-0.3, -0.25) is 19.6 Å². The molecule has 2 unspecified atom stereocenters. The summed E-state index contributed by atoms with van der Waals surface area (Å²) in [6.45, 7) is 30.2. The normalized spacial score (nSPS) is 16.3. The maximum Gasteiger partial charge on any atom is 0.501 e. The monoisotopic (exact) mass is 670 g/mol. The molecular weight excluding hydrogens is 601 g/mol. The maximum atomic E-state index is 6.15. The van der Waals surface area contributed by atoms with E-state index in [0.717, 1.165) is 52.4 Å². The smallest absolute Gasteiger partial charge is 0.377 e.